The minimum atomic E-state index is -4.69. The van der Waals surface area contributed by atoms with Crippen molar-refractivity contribution in [3.63, 3.8) is 0 Å². The van der Waals surface area contributed by atoms with Crippen LogP contribution in [0.4, 0.5) is 0 Å². The van der Waals surface area contributed by atoms with E-state index in [2.05, 4.69) is 4.18 Å². The number of aliphatic hydroxyl groups excluding tert-OH is 1. The summed E-state index contributed by atoms with van der Waals surface area (Å²) in [6, 6.07) is 3.70. The van der Waals surface area contributed by atoms with E-state index in [-0.39, 0.29) is 64.4 Å². The summed E-state index contributed by atoms with van der Waals surface area (Å²) in [5.41, 5.74) is 0.538. The number of benzene rings is 1. The van der Waals surface area contributed by atoms with Crippen molar-refractivity contribution in [2.24, 2.45) is 0 Å². The van der Waals surface area contributed by atoms with Gasteiger partial charge in [-0.1, -0.05) is 17.9 Å². The van der Waals surface area contributed by atoms with Crippen LogP contribution in [0.5, 0.6) is 11.5 Å². The van der Waals surface area contributed by atoms with E-state index in [4.69, 9.17) is 9.66 Å². The fourth-order valence-electron chi connectivity index (χ4n) is 1.02. The molecule has 0 fully saturated rings. The molecule has 1 rings (SSSR count). The van der Waals surface area contributed by atoms with Crippen LogP contribution in [0.1, 0.15) is 5.56 Å². The molecule has 0 bridgehead atoms. The molecule has 8 heteroatoms. The molecule has 0 aliphatic carbocycles. The zero-order chi connectivity index (χ0) is 11.5. The smallest absolute Gasteiger partial charge is 0.870 e. The summed E-state index contributed by atoms with van der Waals surface area (Å²) in [6.45, 7) is -0.135. The first-order valence-corrected chi connectivity index (χ1v) is 5.36. The van der Waals surface area contributed by atoms with Crippen molar-refractivity contribution in [3.8, 4) is 11.5 Å². The van der Waals surface area contributed by atoms with E-state index in [0.29, 0.717) is 5.56 Å². The summed E-state index contributed by atoms with van der Waals surface area (Å²) in [6.07, 6.45) is 0.266. The molecule has 0 spiro atoms. The van der Waals surface area contributed by atoms with Gasteiger partial charge >= 0.3 is 61.8 Å². The first kappa shape index (κ1) is 16.3. The molecule has 0 radical (unpaired) electrons. The van der Waals surface area contributed by atoms with E-state index in [1.165, 1.54) is 6.07 Å². The molecule has 1 aromatic rings. The second-order valence-electron chi connectivity index (χ2n) is 2.77. The van der Waals surface area contributed by atoms with Gasteiger partial charge in [-0.3, -0.25) is 4.55 Å². The first-order chi connectivity index (χ1) is 6.92. The Morgan fingerprint density at radius 1 is 1.38 bits per heavy atom. The van der Waals surface area contributed by atoms with Crippen molar-refractivity contribution in [2.75, 3.05) is 6.61 Å². The molecule has 0 saturated carbocycles. The molecule has 2 N–H and O–H groups in total. The van der Waals surface area contributed by atoms with E-state index >= 15 is 0 Å². The maximum Gasteiger partial charge on any atom is 1.00 e. The maximum absolute atomic E-state index is 11.1. The minimum absolute atomic E-state index is 0. The molecule has 0 aliphatic heterocycles. The molecule has 84 valence electrons. The average Bonchev–Trinajstić information content (AvgIpc) is 2.09. The van der Waals surface area contributed by atoms with Gasteiger partial charge in [-0.2, -0.15) is 8.42 Å². The molecule has 0 heterocycles. The SMILES string of the molecule is O=S(=O)(O)Oc1cc(CCO)ccc1[O-].[K+]. The average molecular weight is 272 g/mol. The van der Waals surface area contributed by atoms with Crippen LogP contribution in [0.15, 0.2) is 18.2 Å². The Balaban J connectivity index is 0.00000225. The van der Waals surface area contributed by atoms with Gasteiger partial charge in [0.15, 0.2) is 0 Å². The number of aliphatic hydroxyl groups is 1. The van der Waals surface area contributed by atoms with E-state index < -0.39 is 21.9 Å². The van der Waals surface area contributed by atoms with Gasteiger partial charge in [0.1, 0.15) is 5.75 Å². The molecule has 1 aromatic carbocycles. The second kappa shape index (κ2) is 6.92. The Bertz CT molecular complexity index is 444. The predicted molar refractivity (Wildman–Crippen MR) is 48.9 cm³/mol. The first-order valence-electron chi connectivity index (χ1n) is 4.00. The van der Waals surface area contributed by atoms with Crippen molar-refractivity contribution in [2.45, 2.75) is 6.42 Å². The molecule has 0 saturated heterocycles. The van der Waals surface area contributed by atoms with Crippen molar-refractivity contribution in [1.82, 2.24) is 0 Å². The number of hydrogen-bond acceptors (Lipinski definition) is 5. The molecule has 0 unspecified atom stereocenters. The maximum atomic E-state index is 11.1. The van der Waals surface area contributed by atoms with Crippen molar-refractivity contribution in [1.29, 1.82) is 0 Å². The van der Waals surface area contributed by atoms with Crippen LogP contribution in [0.25, 0.3) is 0 Å². The zero-order valence-corrected chi connectivity index (χ0v) is 12.5. The van der Waals surface area contributed by atoms with Crippen LogP contribution in [-0.4, -0.2) is 24.7 Å². The molecule has 6 nitrogen and oxygen atoms in total. The Morgan fingerprint density at radius 2 is 2.00 bits per heavy atom. The summed E-state index contributed by atoms with van der Waals surface area (Å²) in [7, 11) is -4.69. The molecule has 0 aromatic heterocycles. The van der Waals surface area contributed by atoms with Gasteiger partial charge in [-0.25, -0.2) is 0 Å². The largest absolute Gasteiger partial charge is 1.00 e. The fraction of sp³-hybridized carbons (Fsp3) is 0.250. The van der Waals surface area contributed by atoms with Crippen molar-refractivity contribution >= 4 is 10.4 Å². The normalized spacial score (nSPS) is 10.6. The van der Waals surface area contributed by atoms with Crippen LogP contribution in [-0.2, 0) is 16.8 Å². The quantitative estimate of drug-likeness (QED) is 0.435. The van der Waals surface area contributed by atoms with Gasteiger partial charge < -0.3 is 14.4 Å². The van der Waals surface area contributed by atoms with Crippen LogP contribution in [0.3, 0.4) is 0 Å². The minimum Gasteiger partial charge on any atom is -0.870 e. The molecular formula is C8H9KO6S. The van der Waals surface area contributed by atoms with Gasteiger partial charge in [-0.05, 0) is 18.1 Å². The Morgan fingerprint density at radius 3 is 2.50 bits per heavy atom. The van der Waals surface area contributed by atoms with Crippen LogP contribution < -0.4 is 60.7 Å². The molecule has 16 heavy (non-hydrogen) atoms. The summed E-state index contributed by atoms with van der Waals surface area (Å²) >= 11 is 0. The Kier molecular flexibility index (Phi) is 7.06. The van der Waals surface area contributed by atoms with Gasteiger partial charge in [0.2, 0.25) is 0 Å². The molecular weight excluding hydrogens is 263 g/mol. The molecule has 0 amide bonds. The zero-order valence-electron chi connectivity index (χ0n) is 8.58. The Hall–Kier alpha value is 0.326. The summed E-state index contributed by atoms with van der Waals surface area (Å²) in [5.74, 6) is -1.14. The van der Waals surface area contributed by atoms with Gasteiger partial charge in [0, 0.05) is 6.61 Å². The fourth-order valence-corrected chi connectivity index (χ4v) is 1.37. The molecule has 0 aliphatic rings. The van der Waals surface area contributed by atoms with Crippen LogP contribution in [0.2, 0.25) is 0 Å². The van der Waals surface area contributed by atoms with Gasteiger partial charge in [0.05, 0.1) is 0 Å². The van der Waals surface area contributed by atoms with Crippen LogP contribution in [0, 0.1) is 0 Å². The van der Waals surface area contributed by atoms with Crippen molar-refractivity contribution in [3.05, 3.63) is 23.8 Å². The summed E-state index contributed by atoms with van der Waals surface area (Å²) in [4.78, 5) is 0. The van der Waals surface area contributed by atoms with Gasteiger partial charge in [0.25, 0.3) is 0 Å². The van der Waals surface area contributed by atoms with E-state index in [1.54, 1.807) is 0 Å². The van der Waals surface area contributed by atoms with E-state index in [0.717, 1.165) is 12.1 Å². The third-order valence-corrected chi connectivity index (χ3v) is 1.99. The third-order valence-electron chi connectivity index (χ3n) is 1.60. The third kappa shape index (κ3) is 5.59. The number of rotatable bonds is 4. The monoisotopic (exact) mass is 272 g/mol. The predicted octanol–water partition coefficient (Wildman–Crippen LogP) is -3.52. The standard InChI is InChI=1S/C8H10O6S.K/c9-4-3-6-1-2-7(10)8(5-6)14-15(11,12)13;/h1-2,5,9-10H,3-4H2,(H,11,12,13);/q;+1/p-1. The van der Waals surface area contributed by atoms with Crippen molar-refractivity contribution < 1.29 is 78.8 Å². The topological polar surface area (TPSA) is 107 Å². The summed E-state index contributed by atoms with van der Waals surface area (Å²) in [5, 5.41) is 19.7. The number of hydrogen-bond donors (Lipinski definition) is 2. The Labute approximate surface area is 136 Å². The second-order valence-corrected chi connectivity index (χ2v) is 3.79. The summed E-state index contributed by atoms with van der Waals surface area (Å²) < 4.78 is 33.2. The van der Waals surface area contributed by atoms with Crippen LogP contribution >= 0.6 is 0 Å². The van der Waals surface area contributed by atoms with E-state index in [1.807, 2.05) is 0 Å². The molecule has 0 atom stereocenters. The van der Waals surface area contributed by atoms with E-state index in [9.17, 15) is 13.5 Å². The van der Waals surface area contributed by atoms with Gasteiger partial charge in [-0.15, -0.1) is 0 Å².